The fraction of sp³-hybridized carbons (Fsp3) is 0. The lowest BCUT2D eigenvalue weighted by Gasteiger charge is -1.96. The molecule has 2 aromatic carbocycles. The zero-order chi connectivity index (χ0) is 15.9. The van der Waals surface area contributed by atoms with Crippen molar-refractivity contribution in [1.82, 2.24) is 0 Å². The van der Waals surface area contributed by atoms with E-state index in [0.717, 1.165) is 11.1 Å². The van der Waals surface area contributed by atoms with Crippen LogP contribution in [0.1, 0.15) is 31.8 Å². The highest BCUT2D eigenvalue weighted by molar-refractivity contribution is 5.88. The maximum absolute atomic E-state index is 10.7. The molecule has 22 heavy (non-hydrogen) atoms. The normalized spacial score (nSPS) is 11.1. The van der Waals surface area contributed by atoms with Gasteiger partial charge in [0.05, 0.1) is 11.1 Å². The zero-order valence-corrected chi connectivity index (χ0v) is 11.6. The number of carboxylic acid groups (broad SMARTS) is 2. The van der Waals surface area contributed by atoms with E-state index in [4.69, 9.17) is 10.2 Å². The van der Waals surface area contributed by atoms with Crippen molar-refractivity contribution < 1.29 is 19.8 Å². The minimum Gasteiger partial charge on any atom is -0.478 e. The molecule has 0 bridgehead atoms. The van der Waals surface area contributed by atoms with Crippen LogP contribution >= 0.6 is 0 Å². The lowest BCUT2D eigenvalue weighted by molar-refractivity contribution is 0.0686. The predicted molar refractivity (Wildman–Crippen MR) is 84.9 cm³/mol. The van der Waals surface area contributed by atoms with Crippen molar-refractivity contribution in [2.75, 3.05) is 0 Å². The summed E-state index contributed by atoms with van der Waals surface area (Å²) in [4.78, 5) is 21.5. The van der Waals surface area contributed by atoms with Gasteiger partial charge in [-0.25, -0.2) is 9.59 Å². The summed E-state index contributed by atoms with van der Waals surface area (Å²) in [5.74, 6) is -1.89. The standard InChI is InChI=1S/C18H14O4/c19-17(20)15-9-5-13(6-10-15)3-1-2-4-14-7-11-16(12-8-14)18(21)22/h1-12H,(H,19,20)(H,21,22). The second-order valence-electron chi connectivity index (χ2n) is 4.57. The Morgan fingerprint density at radius 1 is 0.636 bits per heavy atom. The van der Waals surface area contributed by atoms with Gasteiger partial charge in [-0.2, -0.15) is 0 Å². The summed E-state index contributed by atoms with van der Waals surface area (Å²) < 4.78 is 0. The molecule has 0 aliphatic carbocycles. The molecule has 0 atom stereocenters. The van der Waals surface area contributed by atoms with Crippen molar-refractivity contribution in [2.24, 2.45) is 0 Å². The summed E-state index contributed by atoms with van der Waals surface area (Å²) in [6.07, 6.45) is 7.38. The van der Waals surface area contributed by atoms with Crippen LogP contribution in [0.15, 0.2) is 60.7 Å². The Hall–Kier alpha value is -3.14. The van der Waals surface area contributed by atoms with Gasteiger partial charge < -0.3 is 10.2 Å². The molecule has 110 valence electrons. The number of hydrogen-bond acceptors (Lipinski definition) is 2. The van der Waals surface area contributed by atoms with E-state index in [2.05, 4.69) is 0 Å². The number of benzene rings is 2. The Bertz CT molecular complexity index is 657. The highest BCUT2D eigenvalue weighted by Gasteiger charge is 2.00. The van der Waals surface area contributed by atoms with Crippen LogP contribution in [0, 0.1) is 0 Å². The van der Waals surface area contributed by atoms with Gasteiger partial charge in [-0.05, 0) is 35.4 Å². The molecule has 0 radical (unpaired) electrons. The van der Waals surface area contributed by atoms with E-state index in [0.29, 0.717) is 0 Å². The molecule has 2 aromatic rings. The summed E-state index contributed by atoms with van der Waals surface area (Å²) in [6, 6.07) is 13.1. The number of carbonyl (C=O) groups is 2. The van der Waals surface area contributed by atoms with Gasteiger partial charge in [0.25, 0.3) is 0 Å². The van der Waals surface area contributed by atoms with Crippen molar-refractivity contribution >= 4 is 24.1 Å². The summed E-state index contributed by atoms with van der Waals surface area (Å²) >= 11 is 0. The maximum atomic E-state index is 10.7. The molecule has 0 saturated carbocycles. The minimum absolute atomic E-state index is 0.256. The third kappa shape index (κ3) is 4.18. The summed E-state index contributed by atoms with van der Waals surface area (Å²) in [7, 11) is 0. The average Bonchev–Trinajstić information content (AvgIpc) is 2.52. The first kappa shape index (κ1) is 15.3. The van der Waals surface area contributed by atoms with Crippen LogP contribution in [0.25, 0.3) is 12.2 Å². The molecular formula is C18H14O4. The molecule has 2 rings (SSSR count). The monoisotopic (exact) mass is 294 g/mol. The highest BCUT2D eigenvalue weighted by atomic mass is 16.4. The van der Waals surface area contributed by atoms with Crippen LogP contribution < -0.4 is 0 Å². The van der Waals surface area contributed by atoms with Crippen molar-refractivity contribution in [3.63, 3.8) is 0 Å². The lowest BCUT2D eigenvalue weighted by Crippen LogP contribution is -1.94. The van der Waals surface area contributed by atoms with Gasteiger partial charge in [-0.15, -0.1) is 0 Å². The summed E-state index contributed by atoms with van der Waals surface area (Å²) in [5.41, 5.74) is 2.31. The molecule has 4 heteroatoms. The van der Waals surface area contributed by atoms with Crippen LogP contribution in [0.5, 0.6) is 0 Å². The highest BCUT2D eigenvalue weighted by Crippen LogP contribution is 2.08. The fourth-order valence-electron chi connectivity index (χ4n) is 1.81. The molecule has 2 N–H and O–H groups in total. The molecule has 0 heterocycles. The van der Waals surface area contributed by atoms with E-state index < -0.39 is 11.9 Å². The molecule has 0 aliphatic heterocycles. The second-order valence-corrected chi connectivity index (χ2v) is 4.57. The molecule has 0 fully saturated rings. The van der Waals surface area contributed by atoms with E-state index in [1.54, 1.807) is 48.5 Å². The van der Waals surface area contributed by atoms with Crippen molar-refractivity contribution in [3.05, 3.63) is 82.9 Å². The maximum Gasteiger partial charge on any atom is 0.335 e. The van der Waals surface area contributed by atoms with E-state index in [-0.39, 0.29) is 11.1 Å². The fourth-order valence-corrected chi connectivity index (χ4v) is 1.81. The Kier molecular flexibility index (Phi) is 4.88. The van der Waals surface area contributed by atoms with Crippen LogP contribution in [-0.2, 0) is 0 Å². The van der Waals surface area contributed by atoms with Gasteiger partial charge in [0.2, 0.25) is 0 Å². The minimum atomic E-state index is -0.944. The summed E-state index contributed by atoms with van der Waals surface area (Å²) in [5, 5.41) is 17.6. The Morgan fingerprint density at radius 2 is 0.955 bits per heavy atom. The van der Waals surface area contributed by atoms with Crippen molar-refractivity contribution in [1.29, 1.82) is 0 Å². The SMILES string of the molecule is O=C(O)c1ccc(C=CC=Cc2ccc(C(=O)O)cc2)cc1. The Labute approximate surface area is 127 Å². The molecule has 4 nitrogen and oxygen atoms in total. The number of rotatable bonds is 5. The topological polar surface area (TPSA) is 74.6 Å². The van der Waals surface area contributed by atoms with E-state index in [1.165, 1.54) is 0 Å². The zero-order valence-electron chi connectivity index (χ0n) is 11.6. The number of aromatic carboxylic acids is 2. The molecular weight excluding hydrogens is 280 g/mol. The third-order valence-corrected chi connectivity index (χ3v) is 3.00. The average molecular weight is 294 g/mol. The van der Waals surface area contributed by atoms with Crippen molar-refractivity contribution in [3.8, 4) is 0 Å². The number of hydrogen-bond donors (Lipinski definition) is 2. The van der Waals surface area contributed by atoms with E-state index in [1.807, 2.05) is 24.3 Å². The number of allylic oxidation sites excluding steroid dienone is 2. The second kappa shape index (κ2) is 7.04. The molecule has 0 spiro atoms. The first-order valence-corrected chi connectivity index (χ1v) is 6.58. The van der Waals surface area contributed by atoms with Gasteiger partial charge in [0, 0.05) is 0 Å². The van der Waals surface area contributed by atoms with E-state index >= 15 is 0 Å². The largest absolute Gasteiger partial charge is 0.478 e. The van der Waals surface area contributed by atoms with Crippen molar-refractivity contribution in [2.45, 2.75) is 0 Å². The van der Waals surface area contributed by atoms with Crippen LogP contribution in [0.2, 0.25) is 0 Å². The van der Waals surface area contributed by atoms with Crippen LogP contribution in [0.3, 0.4) is 0 Å². The molecule has 0 aliphatic rings. The first-order valence-electron chi connectivity index (χ1n) is 6.58. The Morgan fingerprint density at radius 3 is 1.23 bits per heavy atom. The number of carboxylic acids is 2. The lowest BCUT2D eigenvalue weighted by atomic mass is 10.1. The van der Waals surface area contributed by atoms with Gasteiger partial charge in [0.1, 0.15) is 0 Å². The molecule has 0 amide bonds. The predicted octanol–water partition coefficient (Wildman–Crippen LogP) is 3.81. The summed E-state index contributed by atoms with van der Waals surface area (Å²) in [6.45, 7) is 0. The third-order valence-electron chi connectivity index (χ3n) is 3.00. The van der Waals surface area contributed by atoms with Crippen LogP contribution in [0.4, 0.5) is 0 Å². The molecule has 0 unspecified atom stereocenters. The van der Waals surface area contributed by atoms with Gasteiger partial charge in [-0.3, -0.25) is 0 Å². The quantitative estimate of drug-likeness (QED) is 0.822. The van der Waals surface area contributed by atoms with Gasteiger partial charge in [-0.1, -0.05) is 48.6 Å². The van der Waals surface area contributed by atoms with Gasteiger partial charge in [0.15, 0.2) is 0 Å². The Balaban J connectivity index is 1.99. The molecule has 0 aromatic heterocycles. The molecule has 0 saturated heterocycles. The van der Waals surface area contributed by atoms with E-state index in [9.17, 15) is 9.59 Å². The first-order chi connectivity index (χ1) is 10.6. The van der Waals surface area contributed by atoms with Gasteiger partial charge >= 0.3 is 11.9 Å². The smallest absolute Gasteiger partial charge is 0.335 e. The van der Waals surface area contributed by atoms with Crippen LogP contribution in [-0.4, -0.2) is 22.2 Å².